The number of hydrogen-bond donors (Lipinski definition) is 2. The molecule has 0 saturated carbocycles. The van der Waals surface area contributed by atoms with Gasteiger partial charge in [-0.25, -0.2) is 0 Å². The Morgan fingerprint density at radius 3 is 2.64 bits per heavy atom. The highest BCUT2D eigenvalue weighted by molar-refractivity contribution is 6.37. The molecule has 1 heterocycles. The number of benzene rings is 1. The van der Waals surface area contributed by atoms with Gasteiger partial charge in [-0.05, 0) is 39.3 Å². The number of nitrogens with zero attached hydrogens (tertiary/aromatic N) is 1. The number of phenols is 1. The second-order valence-corrected chi connectivity index (χ2v) is 6.01. The molecule has 1 aromatic carbocycles. The van der Waals surface area contributed by atoms with E-state index in [4.69, 9.17) is 27.7 Å². The lowest BCUT2D eigenvalue weighted by atomic mass is 10.1. The number of carbonyl (C=O) groups is 1. The third-order valence-corrected chi connectivity index (χ3v) is 3.85. The zero-order valence-corrected chi connectivity index (χ0v) is 13.9. The van der Waals surface area contributed by atoms with Gasteiger partial charge < -0.3 is 14.9 Å². The monoisotopic (exact) mass is 342 g/mol. The van der Waals surface area contributed by atoms with Gasteiger partial charge >= 0.3 is 0 Å². The summed E-state index contributed by atoms with van der Waals surface area (Å²) in [5.41, 5.74) is 1.77. The smallest absolute Gasteiger partial charge is 0.256 e. The van der Waals surface area contributed by atoms with Gasteiger partial charge in [0.05, 0.1) is 16.3 Å². The second-order valence-electron chi connectivity index (χ2n) is 5.16. The molecule has 7 heteroatoms. The van der Waals surface area contributed by atoms with Crippen LogP contribution in [0.1, 0.15) is 34.3 Å². The molecule has 0 bridgehead atoms. The number of halogens is 2. The second kappa shape index (κ2) is 6.58. The molecule has 2 N–H and O–H groups in total. The minimum Gasteiger partial charge on any atom is -0.507 e. The van der Waals surface area contributed by atoms with Crippen LogP contribution in [0.2, 0.25) is 10.0 Å². The highest BCUT2D eigenvalue weighted by Crippen LogP contribution is 2.30. The Labute approximate surface area is 138 Å². The van der Waals surface area contributed by atoms with Crippen molar-refractivity contribution in [2.75, 3.05) is 0 Å². The Morgan fingerprint density at radius 2 is 2.09 bits per heavy atom. The Hall–Kier alpha value is -1.72. The van der Waals surface area contributed by atoms with Gasteiger partial charge in [0, 0.05) is 16.6 Å². The van der Waals surface area contributed by atoms with Crippen LogP contribution in [0.5, 0.6) is 5.75 Å². The Morgan fingerprint density at radius 1 is 1.41 bits per heavy atom. The average Bonchev–Trinajstić information content (AvgIpc) is 2.69. The zero-order valence-electron chi connectivity index (χ0n) is 12.4. The van der Waals surface area contributed by atoms with Crippen molar-refractivity contribution < 1.29 is 14.4 Å². The lowest BCUT2D eigenvalue weighted by molar-refractivity contribution is 0.0937. The maximum Gasteiger partial charge on any atom is 0.256 e. The molecule has 2 aromatic rings. The quantitative estimate of drug-likeness (QED) is 0.888. The number of aromatic hydroxyl groups is 1. The number of aromatic nitrogens is 1. The number of aryl methyl sites for hydroxylation is 2. The van der Waals surface area contributed by atoms with Crippen molar-refractivity contribution >= 4 is 29.1 Å². The third-order valence-electron chi connectivity index (χ3n) is 3.33. The largest absolute Gasteiger partial charge is 0.507 e. The normalized spacial score (nSPS) is 12.2. The summed E-state index contributed by atoms with van der Waals surface area (Å²) in [7, 11) is 0. The van der Waals surface area contributed by atoms with Crippen LogP contribution in [0.4, 0.5) is 0 Å². The summed E-state index contributed by atoms with van der Waals surface area (Å²) in [5.74, 6) is 0.0175. The Bertz CT molecular complexity index is 670. The molecule has 0 saturated heterocycles. The highest BCUT2D eigenvalue weighted by atomic mass is 35.5. The summed E-state index contributed by atoms with van der Waals surface area (Å²) in [4.78, 5) is 12.3. The molecule has 0 spiro atoms. The lowest BCUT2D eigenvalue weighted by Crippen LogP contribution is -2.34. The Balaban J connectivity index is 2.12. The maximum atomic E-state index is 12.3. The van der Waals surface area contributed by atoms with Crippen LogP contribution < -0.4 is 5.32 Å². The first-order chi connectivity index (χ1) is 10.3. The number of carbonyl (C=O) groups excluding carboxylic acids is 1. The fourth-order valence-corrected chi connectivity index (χ4v) is 2.80. The first-order valence-corrected chi connectivity index (χ1v) is 7.45. The van der Waals surface area contributed by atoms with E-state index in [0.717, 1.165) is 17.0 Å². The van der Waals surface area contributed by atoms with Crippen molar-refractivity contribution in [3.63, 3.8) is 0 Å². The van der Waals surface area contributed by atoms with Gasteiger partial charge in [0.25, 0.3) is 5.91 Å². The molecular formula is C15H16Cl2N2O3. The van der Waals surface area contributed by atoms with Crippen LogP contribution >= 0.6 is 23.2 Å². The maximum absolute atomic E-state index is 12.3. The fourth-order valence-electron chi connectivity index (χ4n) is 2.23. The molecule has 1 amide bonds. The van der Waals surface area contributed by atoms with Crippen molar-refractivity contribution in [2.45, 2.75) is 33.2 Å². The van der Waals surface area contributed by atoms with Crippen molar-refractivity contribution in [3.05, 3.63) is 44.8 Å². The number of phenolic OH excluding ortho intramolecular Hbond substituents is 1. The molecule has 0 radical (unpaired) electrons. The molecule has 1 atom stereocenters. The standard InChI is InChI=1S/C15H16Cl2N2O3/c1-7(4-11-8(2)19-22-9(11)3)18-15(21)14-12(17)5-10(16)6-13(14)20/h5-7,20H,4H2,1-3H3,(H,18,21)/t7-/m0/s1. The number of nitrogens with one attached hydrogen (secondary N) is 1. The molecule has 2 rings (SSSR count). The molecule has 118 valence electrons. The predicted octanol–water partition coefficient (Wildman–Crippen LogP) is 3.66. The summed E-state index contributed by atoms with van der Waals surface area (Å²) >= 11 is 11.7. The summed E-state index contributed by atoms with van der Waals surface area (Å²) < 4.78 is 5.10. The summed E-state index contributed by atoms with van der Waals surface area (Å²) in [5, 5.41) is 16.9. The molecule has 0 unspecified atom stereocenters. The topological polar surface area (TPSA) is 75.4 Å². The summed E-state index contributed by atoms with van der Waals surface area (Å²) in [6.07, 6.45) is 0.568. The Kier molecular flexibility index (Phi) is 4.98. The third kappa shape index (κ3) is 3.54. The average molecular weight is 343 g/mol. The van der Waals surface area contributed by atoms with E-state index in [2.05, 4.69) is 10.5 Å². The van der Waals surface area contributed by atoms with E-state index in [1.54, 1.807) is 0 Å². The van der Waals surface area contributed by atoms with Crippen LogP contribution in [-0.2, 0) is 6.42 Å². The van der Waals surface area contributed by atoms with Crippen molar-refractivity contribution in [1.29, 1.82) is 0 Å². The first kappa shape index (κ1) is 16.6. The van der Waals surface area contributed by atoms with E-state index >= 15 is 0 Å². The number of hydrogen-bond acceptors (Lipinski definition) is 4. The summed E-state index contributed by atoms with van der Waals surface area (Å²) in [6, 6.07) is 2.51. The zero-order chi connectivity index (χ0) is 16.4. The van der Waals surface area contributed by atoms with E-state index in [9.17, 15) is 9.90 Å². The molecule has 22 heavy (non-hydrogen) atoms. The first-order valence-electron chi connectivity index (χ1n) is 6.70. The summed E-state index contributed by atoms with van der Waals surface area (Å²) in [6.45, 7) is 5.53. The van der Waals surface area contributed by atoms with Crippen LogP contribution in [0, 0.1) is 13.8 Å². The van der Waals surface area contributed by atoms with Gasteiger partial charge in [-0.15, -0.1) is 0 Å². The lowest BCUT2D eigenvalue weighted by Gasteiger charge is -2.15. The number of rotatable bonds is 4. The molecule has 0 fully saturated rings. The molecule has 5 nitrogen and oxygen atoms in total. The fraction of sp³-hybridized carbons (Fsp3) is 0.333. The van der Waals surface area contributed by atoms with E-state index in [0.29, 0.717) is 6.42 Å². The van der Waals surface area contributed by atoms with Gasteiger partial charge in [0.1, 0.15) is 11.5 Å². The van der Waals surface area contributed by atoms with Crippen LogP contribution in [0.25, 0.3) is 0 Å². The predicted molar refractivity (Wildman–Crippen MR) is 84.7 cm³/mol. The SMILES string of the molecule is Cc1noc(C)c1C[C@H](C)NC(=O)c1c(O)cc(Cl)cc1Cl. The van der Waals surface area contributed by atoms with Crippen molar-refractivity contribution in [1.82, 2.24) is 10.5 Å². The molecule has 0 aliphatic carbocycles. The van der Waals surface area contributed by atoms with Crippen LogP contribution in [0.3, 0.4) is 0 Å². The van der Waals surface area contributed by atoms with E-state index in [1.807, 2.05) is 20.8 Å². The van der Waals surface area contributed by atoms with Gasteiger partial charge in [-0.2, -0.15) is 0 Å². The number of amides is 1. The van der Waals surface area contributed by atoms with Gasteiger partial charge in [-0.1, -0.05) is 28.4 Å². The molecule has 1 aromatic heterocycles. The van der Waals surface area contributed by atoms with Crippen LogP contribution in [-0.4, -0.2) is 22.2 Å². The van der Waals surface area contributed by atoms with E-state index < -0.39 is 5.91 Å². The molecule has 0 aliphatic rings. The van der Waals surface area contributed by atoms with Crippen LogP contribution in [0.15, 0.2) is 16.7 Å². The van der Waals surface area contributed by atoms with E-state index in [-0.39, 0.29) is 27.4 Å². The molecular weight excluding hydrogens is 327 g/mol. The van der Waals surface area contributed by atoms with Crippen molar-refractivity contribution in [3.8, 4) is 5.75 Å². The van der Waals surface area contributed by atoms with E-state index in [1.165, 1.54) is 12.1 Å². The highest BCUT2D eigenvalue weighted by Gasteiger charge is 2.20. The molecule has 0 aliphatic heterocycles. The minimum absolute atomic E-state index is 0.0108. The minimum atomic E-state index is -0.460. The van der Waals surface area contributed by atoms with Gasteiger partial charge in [0.15, 0.2) is 0 Å². The van der Waals surface area contributed by atoms with Gasteiger partial charge in [-0.3, -0.25) is 4.79 Å². The van der Waals surface area contributed by atoms with Crippen molar-refractivity contribution in [2.24, 2.45) is 0 Å². The van der Waals surface area contributed by atoms with Gasteiger partial charge in [0.2, 0.25) is 0 Å².